The predicted molar refractivity (Wildman–Crippen MR) is 70.6 cm³/mol. The van der Waals surface area contributed by atoms with E-state index in [0.29, 0.717) is 35.8 Å². The lowest BCUT2D eigenvalue weighted by Crippen LogP contribution is -1.92. The molecule has 0 heterocycles. The van der Waals surface area contributed by atoms with Gasteiger partial charge in [-0.2, -0.15) is 0 Å². The number of hydrogen-bond donors (Lipinski definition) is 0. The van der Waals surface area contributed by atoms with Crippen LogP contribution in [0.1, 0.15) is 0 Å². The Bertz CT molecular complexity index is 156. The maximum Gasteiger partial charge on any atom is 0.313 e. The Morgan fingerprint density at radius 1 is 1.00 bits per heavy atom. The van der Waals surface area contributed by atoms with Gasteiger partial charge >= 0.3 is 5.77 Å². The molecule has 0 atom stereocenters. The van der Waals surface area contributed by atoms with Gasteiger partial charge in [0.1, 0.15) is 0 Å². The van der Waals surface area contributed by atoms with Crippen molar-refractivity contribution in [3.63, 3.8) is 0 Å². The summed E-state index contributed by atoms with van der Waals surface area (Å²) in [6.07, 6.45) is 0. The minimum Gasteiger partial charge on any atom is -0.312 e. The van der Waals surface area contributed by atoms with Crippen molar-refractivity contribution in [2.75, 3.05) is 35.8 Å². The van der Waals surface area contributed by atoms with Crippen molar-refractivity contribution in [2.45, 2.75) is 0 Å². The molecule has 0 saturated heterocycles. The minimum atomic E-state index is -2.69. The second-order valence-electron chi connectivity index (χ2n) is 2.01. The third kappa shape index (κ3) is 7.98. The number of hydrogen-bond acceptors (Lipinski definition) is 4. The van der Waals surface area contributed by atoms with Crippen LogP contribution in [-0.2, 0) is 9.09 Å². The van der Waals surface area contributed by atoms with Gasteiger partial charge in [-0.05, 0) is 0 Å². The van der Waals surface area contributed by atoms with Gasteiger partial charge in [-0.3, -0.25) is 4.57 Å². The van der Waals surface area contributed by atoms with Crippen LogP contribution in [0, 0.1) is 0 Å². The summed E-state index contributed by atoms with van der Waals surface area (Å²) < 4.78 is 17.2. The highest BCUT2D eigenvalue weighted by molar-refractivity contribution is 8.89. The molecule has 0 amide bonds. The van der Waals surface area contributed by atoms with E-state index in [1.807, 2.05) is 0 Å². The average Bonchev–Trinajstić information content (AvgIpc) is 2.21. The smallest absolute Gasteiger partial charge is 0.312 e. The van der Waals surface area contributed by atoms with Crippen molar-refractivity contribution >= 4 is 63.3 Å². The molecule has 2 nitrogen and oxygen atoms in total. The lowest BCUT2D eigenvalue weighted by Gasteiger charge is -2.15. The fraction of sp³-hybridized carbons (Fsp3) is 1.00. The molecule has 0 radical (unpaired) electrons. The molecule has 0 N–H and O–H groups in total. The SMILES string of the molecule is O=P(OCCCl)(SCCCl)SCCCl. The first-order chi connectivity index (χ1) is 6.68. The normalized spacial score (nSPS) is 11.9. The van der Waals surface area contributed by atoms with E-state index in [1.54, 1.807) is 0 Å². The number of halogens is 3. The second-order valence-corrected chi connectivity index (χ2v) is 10.8. The highest BCUT2D eigenvalue weighted by atomic mass is 35.5. The molecule has 0 aromatic rings. The maximum atomic E-state index is 12.0. The Balaban J connectivity index is 3.97. The van der Waals surface area contributed by atoms with Crippen molar-refractivity contribution in [1.82, 2.24) is 0 Å². The van der Waals surface area contributed by atoms with Gasteiger partial charge < -0.3 is 4.52 Å². The Morgan fingerprint density at radius 2 is 1.50 bits per heavy atom. The lowest BCUT2D eigenvalue weighted by atomic mass is 10.9. The molecule has 0 aliphatic rings. The maximum absolute atomic E-state index is 12.0. The Kier molecular flexibility index (Phi) is 11.2. The first-order valence-electron chi connectivity index (χ1n) is 3.90. The highest BCUT2D eigenvalue weighted by Crippen LogP contribution is 2.69. The molecule has 0 aliphatic heterocycles. The van der Waals surface area contributed by atoms with Crippen molar-refractivity contribution in [3.8, 4) is 0 Å². The summed E-state index contributed by atoms with van der Waals surface area (Å²) in [5.41, 5.74) is 0. The van der Waals surface area contributed by atoms with E-state index in [9.17, 15) is 4.57 Å². The van der Waals surface area contributed by atoms with Gasteiger partial charge in [0, 0.05) is 29.1 Å². The van der Waals surface area contributed by atoms with Crippen molar-refractivity contribution in [3.05, 3.63) is 0 Å². The minimum absolute atomic E-state index is 0.295. The molecule has 14 heavy (non-hydrogen) atoms. The van der Waals surface area contributed by atoms with Crippen LogP contribution in [-0.4, -0.2) is 35.8 Å². The van der Waals surface area contributed by atoms with Gasteiger partial charge in [-0.25, -0.2) is 0 Å². The van der Waals surface area contributed by atoms with Crippen molar-refractivity contribution in [2.24, 2.45) is 0 Å². The summed E-state index contributed by atoms with van der Waals surface area (Å²) in [4.78, 5) is 0. The number of alkyl halides is 3. The predicted octanol–water partition coefficient (Wildman–Crippen LogP) is 4.29. The Morgan fingerprint density at radius 3 is 1.86 bits per heavy atom. The fourth-order valence-corrected chi connectivity index (χ4v) is 7.99. The second kappa shape index (κ2) is 9.95. The monoisotopic (exact) mass is 316 g/mol. The first kappa shape index (κ1) is 15.8. The summed E-state index contributed by atoms with van der Waals surface area (Å²) in [6, 6.07) is 0. The molecule has 0 rings (SSSR count). The van der Waals surface area contributed by atoms with E-state index in [0.717, 1.165) is 0 Å². The number of rotatable bonds is 9. The first-order valence-corrected chi connectivity index (χ1v) is 10.3. The quantitative estimate of drug-likeness (QED) is 0.468. The highest BCUT2D eigenvalue weighted by Gasteiger charge is 2.23. The van der Waals surface area contributed by atoms with Gasteiger partial charge in [0.25, 0.3) is 0 Å². The van der Waals surface area contributed by atoms with E-state index in [2.05, 4.69) is 0 Å². The van der Waals surface area contributed by atoms with Gasteiger partial charge in [0.05, 0.1) is 6.61 Å². The zero-order chi connectivity index (χ0) is 10.9. The van der Waals surface area contributed by atoms with E-state index < -0.39 is 5.77 Å². The van der Waals surface area contributed by atoms with E-state index in [4.69, 9.17) is 39.3 Å². The summed E-state index contributed by atoms with van der Waals surface area (Å²) >= 11 is 19.0. The fourth-order valence-electron chi connectivity index (χ4n) is 0.551. The van der Waals surface area contributed by atoms with Crippen LogP contribution in [0.5, 0.6) is 0 Å². The molecule has 0 aliphatic carbocycles. The molecule has 0 saturated carbocycles. The van der Waals surface area contributed by atoms with Gasteiger partial charge in [-0.15, -0.1) is 34.8 Å². The van der Waals surface area contributed by atoms with Crippen LogP contribution in [0.4, 0.5) is 0 Å². The Hall–Kier alpha value is 1.76. The van der Waals surface area contributed by atoms with Crippen LogP contribution in [0.25, 0.3) is 0 Å². The molecule has 8 heteroatoms. The molecule has 86 valence electrons. The summed E-state index contributed by atoms with van der Waals surface area (Å²) in [7, 11) is 0. The average molecular weight is 318 g/mol. The van der Waals surface area contributed by atoms with Crippen molar-refractivity contribution < 1.29 is 9.09 Å². The largest absolute Gasteiger partial charge is 0.313 e. The molecule has 0 spiro atoms. The lowest BCUT2D eigenvalue weighted by molar-refractivity contribution is 0.360. The van der Waals surface area contributed by atoms with Crippen LogP contribution in [0.3, 0.4) is 0 Å². The molecule has 0 bridgehead atoms. The van der Waals surface area contributed by atoms with Crippen molar-refractivity contribution in [1.29, 1.82) is 0 Å². The van der Waals surface area contributed by atoms with Gasteiger partial charge in [0.2, 0.25) is 0 Å². The third-order valence-corrected chi connectivity index (χ3v) is 9.39. The molecular formula is C6H12Cl3O2PS2. The molecule has 0 aromatic carbocycles. The van der Waals surface area contributed by atoms with Crippen LogP contribution >= 0.6 is 63.3 Å². The summed E-state index contributed by atoms with van der Waals surface area (Å²) in [5.74, 6) is -0.216. The third-order valence-electron chi connectivity index (χ3n) is 0.980. The van der Waals surface area contributed by atoms with Crippen LogP contribution in [0.2, 0.25) is 0 Å². The molecule has 0 aromatic heterocycles. The topological polar surface area (TPSA) is 26.3 Å². The zero-order valence-corrected chi connectivity index (χ0v) is 12.3. The van der Waals surface area contributed by atoms with Crippen LogP contribution < -0.4 is 0 Å². The van der Waals surface area contributed by atoms with Gasteiger partial charge in [-0.1, -0.05) is 22.8 Å². The molecule has 0 unspecified atom stereocenters. The van der Waals surface area contributed by atoms with Crippen LogP contribution in [0.15, 0.2) is 0 Å². The summed E-state index contributed by atoms with van der Waals surface area (Å²) in [5, 5.41) is 0. The summed E-state index contributed by atoms with van der Waals surface area (Å²) in [6.45, 7) is 0.295. The Labute approximate surface area is 108 Å². The van der Waals surface area contributed by atoms with E-state index >= 15 is 0 Å². The standard InChI is InChI=1S/C6H12Cl3O2PS2/c7-1-4-11-12(10,13-5-2-8)14-6-3-9/h1-6H2. The molecular weight excluding hydrogens is 306 g/mol. The zero-order valence-electron chi connectivity index (χ0n) is 7.46. The molecule has 0 fully saturated rings. The van der Waals surface area contributed by atoms with E-state index in [1.165, 1.54) is 22.8 Å². The van der Waals surface area contributed by atoms with Gasteiger partial charge in [0.15, 0.2) is 0 Å². The van der Waals surface area contributed by atoms with E-state index in [-0.39, 0.29) is 0 Å².